The van der Waals surface area contributed by atoms with E-state index in [0.717, 1.165) is 37.7 Å². The molecule has 1 N–H and O–H groups in total. The van der Waals surface area contributed by atoms with Gasteiger partial charge in [0.15, 0.2) is 5.79 Å². The molecule has 3 aromatic carbocycles. The smallest absolute Gasteiger partial charge is 0.303 e. The minimum Gasteiger partial charge on any atom is -0.453 e. The van der Waals surface area contributed by atoms with Crippen molar-refractivity contribution in [2.24, 2.45) is 5.92 Å². The zero-order chi connectivity index (χ0) is 32.3. The van der Waals surface area contributed by atoms with Crippen molar-refractivity contribution >= 4 is 24.7 Å². The van der Waals surface area contributed by atoms with E-state index in [9.17, 15) is 9.90 Å². The van der Waals surface area contributed by atoms with Gasteiger partial charge in [0.2, 0.25) is 0 Å². The van der Waals surface area contributed by atoms with Crippen molar-refractivity contribution in [3.63, 3.8) is 0 Å². The zero-order valence-electron chi connectivity index (χ0n) is 27.8. The number of benzene rings is 3. The highest BCUT2D eigenvalue weighted by molar-refractivity contribution is 6.99. The van der Waals surface area contributed by atoms with Crippen LogP contribution in [0, 0.1) is 5.92 Å². The summed E-state index contributed by atoms with van der Waals surface area (Å²) in [5, 5.41) is 13.9. The van der Waals surface area contributed by atoms with Crippen LogP contribution in [-0.2, 0) is 18.7 Å². The molecule has 1 heterocycles. The van der Waals surface area contributed by atoms with E-state index in [2.05, 4.69) is 88.4 Å². The Bertz CT molecular complexity index is 1300. The van der Waals surface area contributed by atoms with Crippen molar-refractivity contribution in [2.45, 2.75) is 103 Å². The lowest BCUT2D eigenvalue weighted by molar-refractivity contribution is -0.270. The monoisotopic (exact) mass is 628 g/mol. The Kier molecular flexibility index (Phi) is 12.4. The first-order valence-corrected chi connectivity index (χ1v) is 18.5. The van der Waals surface area contributed by atoms with Crippen LogP contribution >= 0.6 is 0 Å². The number of esters is 1. The molecule has 0 amide bonds. The number of allylic oxidation sites excluding steroid dienone is 1. The SMILES string of the molecule is CC(=O)OC(C=CCCCC1(O)CC[C@H](C)[C@@H](CCCO[Si](c2ccccc2)(c2ccccc2)C(C)(C)C)O1)c1ccccc1. The molecule has 4 atom stereocenters. The molecule has 1 saturated heterocycles. The molecule has 0 aliphatic carbocycles. The normalized spacial score (nSPS) is 21.5. The Balaban J connectivity index is 1.33. The fraction of sp³-hybridized carbons (Fsp3) is 0.462. The van der Waals surface area contributed by atoms with E-state index < -0.39 is 20.2 Å². The van der Waals surface area contributed by atoms with Crippen molar-refractivity contribution in [2.75, 3.05) is 6.61 Å². The van der Waals surface area contributed by atoms with Crippen LogP contribution in [0.2, 0.25) is 5.04 Å². The molecule has 1 aliphatic rings. The Labute approximate surface area is 271 Å². The van der Waals surface area contributed by atoms with Crippen LogP contribution in [0.1, 0.15) is 91.2 Å². The minimum absolute atomic E-state index is 0.00604. The maximum Gasteiger partial charge on any atom is 0.303 e. The summed E-state index contributed by atoms with van der Waals surface area (Å²) in [5.74, 6) is -1.04. The van der Waals surface area contributed by atoms with Crippen LogP contribution < -0.4 is 10.4 Å². The summed E-state index contributed by atoms with van der Waals surface area (Å²) >= 11 is 0. The largest absolute Gasteiger partial charge is 0.453 e. The fourth-order valence-electron chi connectivity index (χ4n) is 6.65. The Morgan fingerprint density at radius 1 is 0.978 bits per heavy atom. The summed E-state index contributed by atoms with van der Waals surface area (Å²) < 4.78 is 19.0. The number of hydrogen-bond donors (Lipinski definition) is 1. The number of rotatable bonds is 14. The molecule has 6 heteroatoms. The second-order valence-electron chi connectivity index (χ2n) is 13.5. The predicted molar refractivity (Wildman–Crippen MR) is 185 cm³/mol. The topological polar surface area (TPSA) is 65.0 Å². The van der Waals surface area contributed by atoms with Gasteiger partial charge in [0.05, 0.1) is 6.10 Å². The van der Waals surface area contributed by atoms with Gasteiger partial charge in [0, 0.05) is 26.4 Å². The molecule has 0 radical (unpaired) electrons. The van der Waals surface area contributed by atoms with E-state index >= 15 is 0 Å². The van der Waals surface area contributed by atoms with Gasteiger partial charge in [-0.15, -0.1) is 0 Å². The molecule has 242 valence electrons. The van der Waals surface area contributed by atoms with Crippen LogP contribution in [0.3, 0.4) is 0 Å². The van der Waals surface area contributed by atoms with E-state index in [1.165, 1.54) is 17.3 Å². The van der Waals surface area contributed by atoms with Gasteiger partial charge >= 0.3 is 5.97 Å². The fourth-order valence-corrected chi connectivity index (χ4v) is 11.3. The molecular weight excluding hydrogens is 577 g/mol. The van der Waals surface area contributed by atoms with Crippen molar-refractivity contribution < 1.29 is 23.8 Å². The van der Waals surface area contributed by atoms with Crippen LogP contribution in [0.15, 0.2) is 103 Å². The third-order valence-corrected chi connectivity index (χ3v) is 14.1. The number of carbonyl (C=O) groups is 1. The summed E-state index contributed by atoms with van der Waals surface area (Å²) in [5.41, 5.74) is 0.939. The van der Waals surface area contributed by atoms with Crippen LogP contribution in [0.4, 0.5) is 0 Å². The highest BCUT2D eigenvalue weighted by atomic mass is 28.4. The molecule has 1 aliphatic heterocycles. The van der Waals surface area contributed by atoms with Crippen molar-refractivity contribution in [3.8, 4) is 0 Å². The third-order valence-electron chi connectivity index (χ3n) is 9.03. The van der Waals surface area contributed by atoms with E-state index in [1.54, 1.807) is 0 Å². The average molecular weight is 629 g/mol. The first kappa shape index (κ1) is 34.8. The lowest BCUT2D eigenvalue weighted by atomic mass is 9.87. The minimum atomic E-state index is -2.57. The van der Waals surface area contributed by atoms with Crippen molar-refractivity contribution in [3.05, 3.63) is 109 Å². The lowest BCUT2D eigenvalue weighted by Crippen LogP contribution is -2.66. The molecular formula is C39H52O5Si. The molecule has 0 aromatic heterocycles. The molecule has 3 aromatic rings. The van der Waals surface area contributed by atoms with E-state index in [-0.39, 0.29) is 17.1 Å². The molecule has 5 nitrogen and oxygen atoms in total. The first-order valence-electron chi connectivity index (χ1n) is 16.6. The van der Waals surface area contributed by atoms with Gasteiger partial charge in [-0.3, -0.25) is 4.79 Å². The number of aliphatic hydroxyl groups is 1. The van der Waals surface area contributed by atoms with Gasteiger partial charge in [-0.1, -0.05) is 125 Å². The van der Waals surface area contributed by atoms with E-state index in [1.807, 2.05) is 42.5 Å². The van der Waals surface area contributed by atoms with Crippen LogP contribution in [0.25, 0.3) is 0 Å². The number of hydrogen-bond acceptors (Lipinski definition) is 5. The molecule has 45 heavy (non-hydrogen) atoms. The van der Waals surface area contributed by atoms with Crippen LogP contribution in [0.5, 0.6) is 0 Å². The molecule has 0 bridgehead atoms. The van der Waals surface area contributed by atoms with Gasteiger partial charge in [-0.25, -0.2) is 0 Å². The summed E-state index contributed by atoms with van der Waals surface area (Å²) in [7, 11) is -2.57. The maximum absolute atomic E-state index is 11.6. The summed E-state index contributed by atoms with van der Waals surface area (Å²) in [6, 6.07) is 31.2. The number of carbonyl (C=O) groups excluding carboxylic acids is 1. The van der Waals surface area contributed by atoms with Gasteiger partial charge in [-0.2, -0.15) is 0 Å². The standard InChI is InChI=1S/C39H52O5Si/c1-31-27-29-39(41,28-17-9-16-25-37(43-32(2)40)33-19-10-6-11-20-33)44-36(31)26-18-30-42-45(38(3,4)5,34-21-12-7-13-22-34)35-23-14-8-15-24-35/h6-8,10-16,19-25,31,36-37,41H,9,17-18,26-30H2,1-5H3/t31-,36+,37?,39?/m0/s1. The van der Waals surface area contributed by atoms with Gasteiger partial charge in [0.1, 0.15) is 6.10 Å². The quantitative estimate of drug-likeness (QED) is 0.0852. The molecule has 0 saturated carbocycles. The predicted octanol–water partition coefficient (Wildman–Crippen LogP) is 7.88. The second kappa shape index (κ2) is 16.0. The molecule has 2 unspecified atom stereocenters. The van der Waals surface area contributed by atoms with Crippen LogP contribution in [-0.4, -0.2) is 37.9 Å². The zero-order valence-corrected chi connectivity index (χ0v) is 28.8. The molecule has 4 rings (SSSR count). The molecule has 0 spiro atoms. The average Bonchev–Trinajstić information content (AvgIpc) is 3.02. The van der Waals surface area contributed by atoms with Gasteiger partial charge in [0.25, 0.3) is 8.32 Å². The second-order valence-corrected chi connectivity index (χ2v) is 17.8. The van der Waals surface area contributed by atoms with Crippen molar-refractivity contribution in [1.29, 1.82) is 0 Å². The maximum atomic E-state index is 11.6. The lowest BCUT2D eigenvalue weighted by Gasteiger charge is -2.43. The first-order chi connectivity index (χ1) is 21.5. The summed E-state index contributed by atoms with van der Waals surface area (Å²) in [6.45, 7) is 11.2. The van der Waals surface area contributed by atoms with Crippen molar-refractivity contribution in [1.82, 2.24) is 0 Å². The Morgan fingerprint density at radius 3 is 2.11 bits per heavy atom. The Hall–Kier alpha value is -3.03. The third kappa shape index (κ3) is 9.26. The summed E-state index contributed by atoms with van der Waals surface area (Å²) in [4.78, 5) is 11.6. The van der Waals surface area contributed by atoms with Gasteiger partial charge < -0.3 is 19.0 Å². The number of unbranched alkanes of at least 4 members (excludes halogenated alkanes) is 1. The summed E-state index contributed by atoms with van der Waals surface area (Å²) in [6.07, 6.45) is 8.98. The van der Waals surface area contributed by atoms with E-state index in [0.29, 0.717) is 25.4 Å². The van der Waals surface area contributed by atoms with E-state index in [4.69, 9.17) is 13.9 Å². The Morgan fingerprint density at radius 2 is 1.56 bits per heavy atom. The number of ether oxygens (including phenoxy) is 2. The highest BCUT2D eigenvalue weighted by Crippen LogP contribution is 2.38. The van der Waals surface area contributed by atoms with Gasteiger partial charge in [-0.05, 0) is 65.1 Å². The molecule has 1 fully saturated rings. The highest BCUT2D eigenvalue weighted by Gasteiger charge is 2.50.